The van der Waals surface area contributed by atoms with Crippen molar-refractivity contribution in [2.75, 3.05) is 13.2 Å². The normalized spacial score (nSPS) is 18.5. The molecule has 3 rings (SSSR count). The maximum Gasteiger partial charge on any atom is 0.310 e. The SMILES string of the molecule is O=C(OC/C=C/c1ccccc1)C1CC=CCC1C(=O)OC/C=C/c1ccccc1. The highest BCUT2D eigenvalue weighted by molar-refractivity contribution is 5.83. The quantitative estimate of drug-likeness (QED) is 0.456. The van der Waals surface area contributed by atoms with Gasteiger partial charge in [-0.25, -0.2) is 0 Å². The number of esters is 2. The van der Waals surface area contributed by atoms with E-state index in [-0.39, 0.29) is 25.2 Å². The number of benzene rings is 2. The number of allylic oxidation sites excluding steroid dienone is 2. The first-order valence-electron chi connectivity index (χ1n) is 10.2. The first-order valence-corrected chi connectivity index (χ1v) is 10.2. The van der Waals surface area contributed by atoms with Crippen molar-refractivity contribution in [3.8, 4) is 0 Å². The Labute approximate surface area is 177 Å². The molecule has 1 aliphatic rings. The van der Waals surface area contributed by atoms with Crippen LogP contribution in [-0.2, 0) is 19.1 Å². The molecule has 0 aromatic heterocycles. The third-order valence-corrected chi connectivity index (χ3v) is 4.90. The standard InChI is InChI=1S/C26H26O4/c27-25(29-19-9-15-21-11-3-1-4-12-21)23-17-7-8-18-24(23)26(28)30-20-10-16-22-13-5-2-6-14-22/h1-16,23-24H,17-20H2/b15-9+,16-10+. The fourth-order valence-corrected chi connectivity index (χ4v) is 3.31. The van der Waals surface area contributed by atoms with E-state index in [4.69, 9.17) is 9.47 Å². The molecule has 0 fully saturated rings. The van der Waals surface area contributed by atoms with Gasteiger partial charge in [-0.15, -0.1) is 0 Å². The predicted octanol–water partition coefficient (Wildman–Crippen LogP) is 5.08. The van der Waals surface area contributed by atoms with E-state index in [1.807, 2.05) is 85.0 Å². The summed E-state index contributed by atoms with van der Waals surface area (Å²) >= 11 is 0. The van der Waals surface area contributed by atoms with Gasteiger partial charge in [0.1, 0.15) is 13.2 Å². The molecular weight excluding hydrogens is 376 g/mol. The Kier molecular flexibility index (Phi) is 8.22. The molecule has 0 bridgehead atoms. The Morgan fingerprint density at radius 3 is 1.50 bits per heavy atom. The summed E-state index contributed by atoms with van der Waals surface area (Å²) in [7, 11) is 0. The third-order valence-electron chi connectivity index (χ3n) is 4.90. The van der Waals surface area contributed by atoms with E-state index >= 15 is 0 Å². The minimum atomic E-state index is -0.509. The lowest BCUT2D eigenvalue weighted by Gasteiger charge is -2.24. The fraction of sp³-hybridized carbons (Fsp3) is 0.231. The molecule has 4 nitrogen and oxygen atoms in total. The van der Waals surface area contributed by atoms with Crippen LogP contribution in [0, 0.1) is 11.8 Å². The van der Waals surface area contributed by atoms with E-state index in [0.717, 1.165) is 11.1 Å². The second-order valence-corrected chi connectivity index (χ2v) is 7.04. The van der Waals surface area contributed by atoms with Gasteiger partial charge in [-0.2, -0.15) is 0 Å². The maximum absolute atomic E-state index is 12.5. The van der Waals surface area contributed by atoms with Crippen molar-refractivity contribution in [1.82, 2.24) is 0 Å². The summed E-state index contributed by atoms with van der Waals surface area (Å²) in [6.07, 6.45) is 12.2. The van der Waals surface area contributed by atoms with Crippen LogP contribution in [-0.4, -0.2) is 25.2 Å². The average Bonchev–Trinajstić information content (AvgIpc) is 2.80. The van der Waals surface area contributed by atoms with Gasteiger partial charge in [0.05, 0.1) is 11.8 Å². The molecule has 2 unspecified atom stereocenters. The van der Waals surface area contributed by atoms with Gasteiger partial charge in [0.2, 0.25) is 0 Å². The topological polar surface area (TPSA) is 52.6 Å². The van der Waals surface area contributed by atoms with E-state index in [0.29, 0.717) is 12.8 Å². The summed E-state index contributed by atoms with van der Waals surface area (Å²) < 4.78 is 10.8. The molecule has 0 saturated heterocycles. The van der Waals surface area contributed by atoms with Crippen molar-refractivity contribution in [3.63, 3.8) is 0 Å². The molecule has 0 spiro atoms. The minimum absolute atomic E-state index is 0.176. The first kappa shape index (κ1) is 21.3. The molecule has 0 aliphatic heterocycles. The fourth-order valence-electron chi connectivity index (χ4n) is 3.31. The average molecular weight is 402 g/mol. The molecule has 2 aromatic carbocycles. The molecule has 30 heavy (non-hydrogen) atoms. The molecule has 154 valence electrons. The largest absolute Gasteiger partial charge is 0.461 e. The molecule has 0 amide bonds. The summed E-state index contributed by atoms with van der Waals surface area (Å²) in [6.45, 7) is 0.352. The van der Waals surface area contributed by atoms with E-state index < -0.39 is 11.8 Å². The number of carbonyl (C=O) groups is 2. The zero-order valence-electron chi connectivity index (χ0n) is 16.9. The number of ether oxygens (including phenoxy) is 2. The van der Waals surface area contributed by atoms with Crippen molar-refractivity contribution in [3.05, 3.63) is 96.1 Å². The Hall–Kier alpha value is -3.40. The molecule has 4 heteroatoms. The van der Waals surface area contributed by atoms with Crippen molar-refractivity contribution < 1.29 is 19.1 Å². The van der Waals surface area contributed by atoms with Gasteiger partial charge < -0.3 is 9.47 Å². The second kappa shape index (κ2) is 11.6. The van der Waals surface area contributed by atoms with Crippen LogP contribution in [0.15, 0.2) is 85.0 Å². The first-order chi connectivity index (χ1) is 14.7. The highest BCUT2D eigenvalue weighted by Gasteiger charge is 2.36. The number of hydrogen-bond acceptors (Lipinski definition) is 4. The van der Waals surface area contributed by atoms with Gasteiger partial charge in [-0.1, -0.05) is 85.0 Å². The Morgan fingerprint density at radius 2 is 1.10 bits per heavy atom. The van der Waals surface area contributed by atoms with Crippen molar-refractivity contribution in [2.45, 2.75) is 12.8 Å². The number of rotatable bonds is 8. The van der Waals surface area contributed by atoms with E-state index in [9.17, 15) is 9.59 Å². The van der Waals surface area contributed by atoms with Crippen molar-refractivity contribution in [2.24, 2.45) is 11.8 Å². The maximum atomic E-state index is 12.5. The van der Waals surface area contributed by atoms with Crippen LogP contribution >= 0.6 is 0 Å². The molecule has 0 saturated carbocycles. The lowest BCUT2D eigenvalue weighted by atomic mass is 9.83. The van der Waals surface area contributed by atoms with Gasteiger partial charge in [0, 0.05) is 0 Å². The van der Waals surface area contributed by atoms with Crippen LogP contribution in [0.5, 0.6) is 0 Å². The van der Waals surface area contributed by atoms with Crippen molar-refractivity contribution in [1.29, 1.82) is 0 Å². The van der Waals surface area contributed by atoms with E-state index in [1.54, 1.807) is 12.2 Å². The van der Waals surface area contributed by atoms with Crippen LogP contribution in [0.1, 0.15) is 24.0 Å². The zero-order valence-corrected chi connectivity index (χ0v) is 16.9. The molecule has 0 radical (unpaired) electrons. The molecule has 0 heterocycles. The van der Waals surface area contributed by atoms with Gasteiger partial charge in [0.25, 0.3) is 0 Å². The Balaban J connectivity index is 1.47. The molecule has 2 atom stereocenters. The van der Waals surface area contributed by atoms with Crippen LogP contribution in [0.3, 0.4) is 0 Å². The third kappa shape index (κ3) is 6.59. The Bertz CT molecular complexity index is 822. The van der Waals surface area contributed by atoms with Gasteiger partial charge in [-0.3, -0.25) is 9.59 Å². The second-order valence-electron chi connectivity index (χ2n) is 7.04. The lowest BCUT2D eigenvalue weighted by Crippen LogP contribution is -2.33. The van der Waals surface area contributed by atoms with Crippen LogP contribution < -0.4 is 0 Å². The highest BCUT2D eigenvalue weighted by Crippen LogP contribution is 2.28. The number of hydrogen-bond donors (Lipinski definition) is 0. The summed E-state index contributed by atoms with van der Waals surface area (Å²) in [5.41, 5.74) is 2.08. The lowest BCUT2D eigenvalue weighted by molar-refractivity contribution is -0.159. The monoisotopic (exact) mass is 402 g/mol. The van der Waals surface area contributed by atoms with Crippen LogP contribution in [0.4, 0.5) is 0 Å². The minimum Gasteiger partial charge on any atom is -0.461 e. The predicted molar refractivity (Wildman–Crippen MR) is 118 cm³/mol. The van der Waals surface area contributed by atoms with Gasteiger partial charge in [-0.05, 0) is 36.1 Å². The van der Waals surface area contributed by atoms with Gasteiger partial charge in [0.15, 0.2) is 0 Å². The molecular formula is C26H26O4. The molecule has 2 aromatic rings. The highest BCUT2D eigenvalue weighted by atomic mass is 16.5. The smallest absolute Gasteiger partial charge is 0.310 e. The van der Waals surface area contributed by atoms with Gasteiger partial charge >= 0.3 is 11.9 Å². The summed E-state index contributed by atoms with van der Waals surface area (Å²) in [4.78, 5) is 25.1. The molecule has 0 N–H and O–H groups in total. The molecule has 1 aliphatic carbocycles. The van der Waals surface area contributed by atoms with Crippen molar-refractivity contribution >= 4 is 24.1 Å². The van der Waals surface area contributed by atoms with E-state index in [1.165, 1.54) is 0 Å². The summed E-state index contributed by atoms with van der Waals surface area (Å²) in [6, 6.07) is 19.6. The van der Waals surface area contributed by atoms with E-state index in [2.05, 4.69) is 0 Å². The number of carbonyl (C=O) groups excluding carboxylic acids is 2. The van der Waals surface area contributed by atoms with Crippen LogP contribution in [0.25, 0.3) is 12.2 Å². The summed E-state index contributed by atoms with van der Waals surface area (Å²) in [5.74, 6) is -1.74. The Morgan fingerprint density at radius 1 is 0.700 bits per heavy atom. The van der Waals surface area contributed by atoms with Crippen LogP contribution in [0.2, 0.25) is 0 Å². The summed E-state index contributed by atoms with van der Waals surface area (Å²) in [5, 5.41) is 0. The zero-order chi connectivity index (χ0) is 21.0.